The largest absolute Gasteiger partial charge is 0.395 e. The molecule has 0 bridgehead atoms. The summed E-state index contributed by atoms with van der Waals surface area (Å²) in [5.74, 6) is -0.791. The zero-order chi connectivity index (χ0) is 25.4. The van der Waals surface area contributed by atoms with Crippen LogP contribution < -0.4 is 10.2 Å². The van der Waals surface area contributed by atoms with Crippen molar-refractivity contribution in [1.82, 2.24) is 4.90 Å². The molecule has 182 valence electrons. The van der Waals surface area contributed by atoms with Gasteiger partial charge in [-0.25, -0.2) is 4.39 Å². The first-order valence-corrected chi connectivity index (χ1v) is 11.4. The van der Waals surface area contributed by atoms with Crippen molar-refractivity contribution in [1.29, 1.82) is 0 Å². The molecule has 7 nitrogen and oxygen atoms in total. The summed E-state index contributed by atoms with van der Waals surface area (Å²) in [6.07, 6.45) is 0. The number of anilines is 3. The topological polar surface area (TPSA) is 85.2 Å². The zero-order valence-corrected chi connectivity index (χ0v) is 19.9. The molecule has 0 atom stereocenters. The number of amides is 2. The third kappa shape index (κ3) is 6.10. The maximum atomic E-state index is 13.4. The van der Waals surface area contributed by atoms with Gasteiger partial charge in [0, 0.05) is 42.1 Å². The van der Waals surface area contributed by atoms with E-state index in [0.29, 0.717) is 47.0 Å². The Labute approximate surface area is 204 Å². The quantitative estimate of drug-likeness (QED) is 0.402. The number of rotatable bonds is 10. The van der Waals surface area contributed by atoms with Gasteiger partial charge in [-0.3, -0.25) is 14.6 Å². The van der Waals surface area contributed by atoms with Crippen molar-refractivity contribution in [2.75, 3.05) is 36.5 Å². The number of benzene rings is 3. The molecule has 0 saturated heterocycles. The fourth-order valence-corrected chi connectivity index (χ4v) is 3.72. The second kappa shape index (κ2) is 11.9. The van der Waals surface area contributed by atoms with Gasteiger partial charge in [0.15, 0.2) is 0 Å². The van der Waals surface area contributed by atoms with Crippen LogP contribution >= 0.6 is 0 Å². The van der Waals surface area contributed by atoms with E-state index >= 15 is 0 Å². The van der Waals surface area contributed by atoms with E-state index in [2.05, 4.69) is 17.0 Å². The first-order chi connectivity index (χ1) is 16.9. The molecule has 3 aromatic rings. The van der Waals surface area contributed by atoms with Gasteiger partial charge in [0.05, 0.1) is 18.0 Å². The fraction of sp³-hybridized carbons (Fsp3) is 0.222. The molecule has 2 N–H and O–H groups in total. The summed E-state index contributed by atoms with van der Waals surface area (Å²) >= 11 is 0. The molecule has 0 aliphatic carbocycles. The molecule has 0 saturated carbocycles. The average molecular weight is 477 g/mol. The monoisotopic (exact) mass is 476 g/mol. The van der Waals surface area contributed by atoms with Crippen molar-refractivity contribution < 1.29 is 19.1 Å². The molecular weight excluding hydrogens is 447 g/mol. The maximum absolute atomic E-state index is 13.4. The summed E-state index contributed by atoms with van der Waals surface area (Å²) in [5.41, 5.74) is 3.16. The fourth-order valence-electron chi connectivity index (χ4n) is 3.72. The van der Waals surface area contributed by atoms with Gasteiger partial charge in [0.25, 0.3) is 11.8 Å². The second-order valence-electron chi connectivity index (χ2n) is 7.72. The lowest BCUT2D eigenvalue weighted by Gasteiger charge is -2.26. The molecule has 0 unspecified atom stereocenters. The van der Waals surface area contributed by atoms with Crippen LogP contribution in [-0.4, -0.2) is 54.8 Å². The maximum Gasteiger partial charge on any atom is 0.255 e. The van der Waals surface area contributed by atoms with E-state index in [1.54, 1.807) is 64.4 Å². The Morgan fingerprint density at radius 3 is 2.17 bits per heavy atom. The van der Waals surface area contributed by atoms with Crippen molar-refractivity contribution in [3.63, 3.8) is 0 Å². The van der Waals surface area contributed by atoms with Gasteiger partial charge in [-0.1, -0.05) is 0 Å². The number of aliphatic hydroxyl groups is 1. The number of aliphatic hydroxyl groups excluding tert-OH is 1. The van der Waals surface area contributed by atoms with Crippen molar-refractivity contribution in [3.05, 3.63) is 83.7 Å². The highest BCUT2D eigenvalue weighted by molar-refractivity contribution is 6.06. The Hall–Kier alpha value is -4.04. The van der Waals surface area contributed by atoms with Crippen molar-refractivity contribution in [2.45, 2.75) is 13.8 Å². The van der Waals surface area contributed by atoms with Gasteiger partial charge in [-0.05, 0) is 87.3 Å². The van der Waals surface area contributed by atoms with Gasteiger partial charge in [0.1, 0.15) is 5.82 Å². The van der Waals surface area contributed by atoms with Crippen molar-refractivity contribution >= 4 is 41.3 Å². The summed E-state index contributed by atoms with van der Waals surface area (Å²) < 4.78 is 13.4. The lowest BCUT2D eigenvalue weighted by molar-refractivity contribution is 0.0773. The van der Waals surface area contributed by atoms with E-state index in [9.17, 15) is 19.1 Å². The van der Waals surface area contributed by atoms with E-state index < -0.39 is 0 Å². The highest BCUT2D eigenvalue weighted by atomic mass is 19.1. The minimum absolute atomic E-state index is 0.0604. The van der Waals surface area contributed by atoms with Crippen LogP contribution in [0.2, 0.25) is 0 Å². The smallest absolute Gasteiger partial charge is 0.255 e. The number of carbonyl (C=O) groups excluding carboxylic acids is 2. The summed E-state index contributed by atoms with van der Waals surface area (Å²) in [6.45, 7) is 8.74. The molecular formula is C27H29FN4O3. The number of carbonyl (C=O) groups is 2. The first-order valence-electron chi connectivity index (χ1n) is 11.4. The highest BCUT2D eigenvalue weighted by Crippen LogP contribution is 2.35. The molecule has 0 heterocycles. The second-order valence-corrected chi connectivity index (χ2v) is 7.72. The van der Waals surface area contributed by atoms with Crippen LogP contribution in [0.3, 0.4) is 0 Å². The lowest BCUT2D eigenvalue weighted by atomic mass is 10.1. The Bertz CT molecular complexity index is 1180. The van der Waals surface area contributed by atoms with Crippen LogP contribution in [0.15, 0.2) is 71.7 Å². The third-order valence-corrected chi connectivity index (χ3v) is 5.60. The molecule has 0 aromatic heterocycles. The molecule has 2 amide bonds. The van der Waals surface area contributed by atoms with E-state index in [4.69, 9.17) is 0 Å². The third-order valence-electron chi connectivity index (χ3n) is 5.60. The van der Waals surface area contributed by atoms with E-state index in [1.807, 2.05) is 13.8 Å². The lowest BCUT2D eigenvalue weighted by Crippen LogP contribution is -2.30. The number of hydrogen-bond donors (Lipinski definition) is 2. The standard InChI is InChI=1S/C27H29FN4O3/c1-4-31(5-2)27(35)19-6-11-22(12-7-19)30-26(34)20-8-15-24(29-3)25(18-20)32(16-17-33)23-13-9-21(28)10-14-23/h6-15,18,33H,3-5,16-17H2,1-2H3,(H,30,34). The minimum Gasteiger partial charge on any atom is -0.395 e. The average Bonchev–Trinajstić information content (AvgIpc) is 2.88. The SMILES string of the molecule is C=Nc1ccc(C(=O)Nc2ccc(C(=O)N(CC)CC)cc2)cc1N(CCO)c1ccc(F)cc1. The van der Waals surface area contributed by atoms with Gasteiger partial charge < -0.3 is 20.2 Å². The highest BCUT2D eigenvalue weighted by Gasteiger charge is 2.17. The Morgan fingerprint density at radius 2 is 1.60 bits per heavy atom. The van der Waals surface area contributed by atoms with Crippen molar-refractivity contribution in [3.8, 4) is 0 Å². The molecule has 0 spiro atoms. The molecule has 35 heavy (non-hydrogen) atoms. The van der Waals surface area contributed by atoms with Crippen LogP contribution in [0.1, 0.15) is 34.6 Å². The van der Waals surface area contributed by atoms with E-state index in [1.165, 1.54) is 12.1 Å². The van der Waals surface area contributed by atoms with Crippen LogP contribution in [0.4, 0.5) is 27.1 Å². The summed E-state index contributed by atoms with van der Waals surface area (Å²) in [5, 5.41) is 12.4. The summed E-state index contributed by atoms with van der Waals surface area (Å²) in [7, 11) is 0. The number of aliphatic imine (C=N–C) groups is 1. The number of nitrogens with one attached hydrogen (secondary N) is 1. The van der Waals surface area contributed by atoms with Gasteiger partial charge in [0.2, 0.25) is 0 Å². The summed E-state index contributed by atoms with van der Waals surface area (Å²) in [4.78, 5) is 33.0. The molecule has 0 aliphatic rings. The number of hydrogen-bond acceptors (Lipinski definition) is 5. The molecule has 0 radical (unpaired) electrons. The van der Waals surface area contributed by atoms with Crippen LogP contribution in [-0.2, 0) is 0 Å². The number of nitrogens with zero attached hydrogens (tertiary/aromatic N) is 3. The predicted octanol–water partition coefficient (Wildman–Crippen LogP) is 5.02. The van der Waals surface area contributed by atoms with Gasteiger partial charge >= 0.3 is 0 Å². The van der Waals surface area contributed by atoms with Gasteiger partial charge in [-0.2, -0.15) is 0 Å². The zero-order valence-electron chi connectivity index (χ0n) is 19.9. The predicted molar refractivity (Wildman–Crippen MR) is 138 cm³/mol. The van der Waals surface area contributed by atoms with Crippen LogP contribution in [0.25, 0.3) is 0 Å². The Balaban J connectivity index is 1.85. The Morgan fingerprint density at radius 1 is 0.971 bits per heavy atom. The van der Waals surface area contributed by atoms with E-state index in [0.717, 1.165) is 0 Å². The Kier molecular flexibility index (Phi) is 8.69. The van der Waals surface area contributed by atoms with Crippen molar-refractivity contribution in [2.24, 2.45) is 4.99 Å². The minimum atomic E-state index is -0.377. The van der Waals surface area contributed by atoms with E-state index in [-0.39, 0.29) is 30.8 Å². The molecule has 8 heteroatoms. The van der Waals surface area contributed by atoms with Crippen LogP contribution in [0.5, 0.6) is 0 Å². The van der Waals surface area contributed by atoms with Gasteiger partial charge in [-0.15, -0.1) is 0 Å². The molecule has 3 rings (SSSR count). The molecule has 3 aromatic carbocycles. The molecule has 0 fully saturated rings. The van der Waals surface area contributed by atoms with Crippen LogP contribution in [0, 0.1) is 5.82 Å². The first kappa shape index (κ1) is 25.6. The number of halogens is 1. The molecule has 0 aliphatic heterocycles. The normalized spacial score (nSPS) is 10.5. The summed E-state index contributed by atoms with van der Waals surface area (Å²) in [6, 6.07) is 17.5.